The minimum absolute atomic E-state index is 0.0917. The molecule has 0 saturated carbocycles. The predicted molar refractivity (Wildman–Crippen MR) is 110 cm³/mol. The van der Waals surface area contributed by atoms with E-state index in [1.807, 2.05) is 48.1 Å². The summed E-state index contributed by atoms with van der Waals surface area (Å²) in [5.41, 5.74) is 1.44. The third-order valence-electron chi connectivity index (χ3n) is 4.98. The molecular weight excluding hydrogens is 384 g/mol. The fraction of sp³-hybridized carbons (Fsp3) is 0.227. The average molecular weight is 406 g/mol. The molecule has 4 rings (SSSR count). The van der Waals surface area contributed by atoms with E-state index in [1.54, 1.807) is 31.5 Å². The van der Waals surface area contributed by atoms with E-state index in [-0.39, 0.29) is 25.0 Å². The van der Waals surface area contributed by atoms with Gasteiger partial charge in [0.1, 0.15) is 29.9 Å². The summed E-state index contributed by atoms with van der Waals surface area (Å²) in [7, 11) is 3.47. The van der Waals surface area contributed by atoms with Gasteiger partial charge in [-0.1, -0.05) is 24.3 Å². The zero-order valence-electron chi connectivity index (χ0n) is 16.7. The van der Waals surface area contributed by atoms with E-state index in [2.05, 4.69) is 10.3 Å². The highest BCUT2D eigenvalue weighted by Crippen LogP contribution is 2.31. The Balaban J connectivity index is 1.58. The number of hydrogen-bond acceptors (Lipinski definition) is 5. The Bertz CT molecular complexity index is 1060. The smallest absolute Gasteiger partial charge is 0.265 e. The number of rotatable bonds is 6. The van der Waals surface area contributed by atoms with Crippen LogP contribution >= 0.6 is 0 Å². The van der Waals surface area contributed by atoms with Gasteiger partial charge < -0.3 is 19.4 Å². The molecule has 1 atom stereocenters. The first-order valence-corrected chi connectivity index (χ1v) is 9.49. The van der Waals surface area contributed by atoms with Crippen LogP contribution in [-0.2, 0) is 16.6 Å². The van der Waals surface area contributed by atoms with Crippen LogP contribution in [0.4, 0.5) is 5.69 Å². The molecule has 0 aliphatic carbocycles. The van der Waals surface area contributed by atoms with E-state index in [0.717, 1.165) is 11.3 Å². The monoisotopic (exact) mass is 406 g/mol. The molecule has 0 bridgehead atoms. The van der Waals surface area contributed by atoms with Gasteiger partial charge in [0.2, 0.25) is 5.91 Å². The van der Waals surface area contributed by atoms with Gasteiger partial charge in [0, 0.05) is 19.4 Å². The first-order valence-electron chi connectivity index (χ1n) is 9.49. The number of nitrogens with zero attached hydrogens (tertiary/aromatic N) is 3. The maximum atomic E-state index is 13.0. The van der Waals surface area contributed by atoms with Gasteiger partial charge in [-0.15, -0.1) is 0 Å². The van der Waals surface area contributed by atoms with Crippen molar-refractivity contribution >= 4 is 17.5 Å². The number of hydrogen-bond donors (Lipinski definition) is 1. The third kappa shape index (κ3) is 3.84. The molecular formula is C22H22N4O4. The molecule has 2 heterocycles. The number of fused-ring (bicyclic) bond motifs is 1. The van der Waals surface area contributed by atoms with Gasteiger partial charge in [-0.3, -0.25) is 14.5 Å². The molecule has 1 unspecified atom stereocenters. The third-order valence-corrected chi connectivity index (χ3v) is 4.98. The summed E-state index contributed by atoms with van der Waals surface area (Å²) < 4.78 is 12.5. The summed E-state index contributed by atoms with van der Waals surface area (Å²) in [6.07, 6.45) is 3.50. The van der Waals surface area contributed by atoms with Crippen LogP contribution in [0.1, 0.15) is 17.4 Å². The van der Waals surface area contributed by atoms with E-state index in [9.17, 15) is 9.59 Å². The van der Waals surface area contributed by atoms with Crippen LogP contribution in [0.25, 0.3) is 0 Å². The Morgan fingerprint density at radius 1 is 1.23 bits per heavy atom. The lowest BCUT2D eigenvalue weighted by Crippen LogP contribution is -2.46. The number of carbonyl (C=O) groups is 2. The van der Waals surface area contributed by atoms with Crippen molar-refractivity contribution in [3.8, 4) is 11.5 Å². The molecule has 8 heteroatoms. The second kappa shape index (κ2) is 8.28. The van der Waals surface area contributed by atoms with E-state index < -0.39 is 6.04 Å². The lowest BCUT2D eigenvalue weighted by Gasteiger charge is -2.29. The Morgan fingerprint density at radius 3 is 2.70 bits per heavy atom. The quantitative estimate of drug-likeness (QED) is 0.677. The summed E-state index contributed by atoms with van der Waals surface area (Å²) in [6.45, 7) is -0.206. The number of para-hydroxylation sites is 2. The standard InChI is InChI=1S/C22H22N4O4/c1-25-12-11-23-22(25)21(15-7-9-16(29-2)10-8-15)24-19(27)13-26-17-5-3-4-6-18(17)30-14-20(26)28/h3-12,21H,13-14H2,1-2H3,(H,24,27). The first-order chi connectivity index (χ1) is 14.6. The van der Waals surface area contributed by atoms with Crippen LogP contribution in [0.2, 0.25) is 0 Å². The number of nitrogens with one attached hydrogen (secondary N) is 1. The number of anilines is 1. The van der Waals surface area contributed by atoms with Gasteiger partial charge in [-0.2, -0.15) is 0 Å². The molecule has 1 aliphatic rings. The van der Waals surface area contributed by atoms with Crippen molar-refractivity contribution in [1.29, 1.82) is 0 Å². The Kier molecular flexibility index (Phi) is 5.38. The number of amides is 2. The van der Waals surface area contributed by atoms with Crippen molar-refractivity contribution in [2.45, 2.75) is 6.04 Å². The van der Waals surface area contributed by atoms with Gasteiger partial charge in [0.25, 0.3) is 5.91 Å². The zero-order chi connectivity index (χ0) is 21.1. The number of benzene rings is 2. The lowest BCUT2D eigenvalue weighted by atomic mass is 10.1. The normalized spacial score (nSPS) is 13.9. The molecule has 30 heavy (non-hydrogen) atoms. The highest BCUT2D eigenvalue weighted by molar-refractivity contribution is 6.02. The molecule has 0 saturated heterocycles. The highest BCUT2D eigenvalue weighted by Gasteiger charge is 2.28. The van der Waals surface area contributed by atoms with E-state index in [4.69, 9.17) is 9.47 Å². The fourth-order valence-corrected chi connectivity index (χ4v) is 3.43. The number of imidazole rings is 1. The van der Waals surface area contributed by atoms with Crippen LogP contribution < -0.4 is 19.7 Å². The van der Waals surface area contributed by atoms with Crippen molar-refractivity contribution < 1.29 is 19.1 Å². The molecule has 1 N–H and O–H groups in total. The van der Waals surface area contributed by atoms with Crippen molar-refractivity contribution in [3.63, 3.8) is 0 Å². The maximum Gasteiger partial charge on any atom is 0.265 e. The molecule has 0 radical (unpaired) electrons. The summed E-state index contributed by atoms with van der Waals surface area (Å²) in [5.74, 6) is 1.42. The SMILES string of the molecule is COc1ccc(C(NC(=O)CN2C(=O)COc3ccccc32)c2nccn2C)cc1. The van der Waals surface area contributed by atoms with E-state index in [0.29, 0.717) is 17.3 Å². The molecule has 3 aromatic rings. The van der Waals surface area contributed by atoms with Crippen LogP contribution in [0.15, 0.2) is 60.9 Å². The van der Waals surface area contributed by atoms with Crippen molar-refractivity contribution in [2.24, 2.45) is 7.05 Å². The molecule has 0 fully saturated rings. The van der Waals surface area contributed by atoms with E-state index in [1.165, 1.54) is 4.90 Å². The average Bonchev–Trinajstić information content (AvgIpc) is 3.20. The van der Waals surface area contributed by atoms with Crippen LogP contribution in [0.5, 0.6) is 11.5 Å². The predicted octanol–water partition coefficient (Wildman–Crippen LogP) is 2.06. The Hall–Kier alpha value is -3.81. The molecule has 0 spiro atoms. The van der Waals surface area contributed by atoms with Crippen molar-refractivity contribution in [2.75, 3.05) is 25.2 Å². The van der Waals surface area contributed by atoms with Gasteiger partial charge in [-0.05, 0) is 29.8 Å². The minimum atomic E-state index is -0.477. The molecule has 154 valence electrons. The minimum Gasteiger partial charge on any atom is -0.497 e. The zero-order valence-corrected chi connectivity index (χ0v) is 16.7. The summed E-state index contributed by atoms with van der Waals surface area (Å²) in [6, 6.07) is 14.1. The van der Waals surface area contributed by atoms with Gasteiger partial charge in [0.05, 0.1) is 12.8 Å². The van der Waals surface area contributed by atoms with Crippen molar-refractivity contribution in [3.05, 3.63) is 72.3 Å². The van der Waals surface area contributed by atoms with Crippen LogP contribution in [0, 0.1) is 0 Å². The van der Waals surface area contributed by atoms with E-state index >= 15 is 0 Å². The molecule has 2 amide bonds. The van der Waals surface area contributed by atoms with Crippen LogP contribution in [0.3, 0.4) is 0 Å². The molecule has 2 aromatic carbocycles. The highest BCUT2D eigenvalue weighted by atomic mass is 16.5. The molecule has 1 aliphatic heterocycles. The summed E-state index contributed by atoms with van der Waals surface area (Å²) in [5, 5.41) is 3.01. The summed E-state index contributed by atoms with van der Waals surface area (Å²) >= 11 is 0. The Labute approximate surface area is 174 Å². The molecule has 8 nitrogen and oxygen atoms in total. The number of aromatic nitrogens is 2. The fourth-order valence-electron chi connectivity index (χ4n) is 3.43. The topological polar surface area (TPSA) is 85.7 Å². The van der Waals surface area contributed by atoms with Gasteiger partial charge >= 0.3 is 0 Å². The van der Waals surface area contributed by atoms with Crippen molar-refractivity contribution in [1.82, 2.24) is 14.9 Å². The first kappa shape index (κ1) is 19.5. The Morgan fingerprint density at radius 2 is 2.00 bits per heavy atom. The lowest BCUT2D eigenvalue weighted by molar-refractivity contribution is -0.125. The largest absolute Gasteiger partial charge is 0.497 e. The number of carbonyl (C=O) groups excluding carboxylic acids is 2. The van der Waals surface area contributed by atoms with Crippen LogP contribution in [-0.4, -0.2) is 41.6 Å². The second-order valence-electron chi connectivity index (χ2n) is 6.91. The number of aryl methyl sites for hydroxylation is 1. The number of ether oxygens (including phenoxy) is 2. The maximum absolute atomic E-state index is 13.0. The van der Waals surface area contributed by atoms with Gasteiger partial charge in [0.15, 0.2) is 6.61 Å². The van der Waals surface area contributed by atoms with Gasteiger partial charge in [-0.25, -0.2) is 4.98 Å². The molecule has 1 aromatic heterocycles. The number of methoxy groups -OCH3 is 1. The second-order valence-corrected chi connectivity index (χ2v) is 6.91. The summed E-state index contributed by atoms with van der Waals surface area (Å²) in [4.78, 5) is 31.2.